The topological polar surface area (TPSA) is 267 Å². The lowest BCUT2D eigenvalue weighted by atomic mass is 9.73. The average molecular weight is 1620 g/mol. The first kappa shape index (κ1) is 73.0. The molecule has 0 aromatic heterocycles. The second kappa shape index (κ2) is 29.2. The van der Waals surface area contributed by atoms with E-state index in [0.29, 0.717) is 72.6 Å². The Morgan fingerprint density at radius 2 is 0.886 bits per heavy atom. The van der Waals surface area contributed by atoms with E-state index < -0.39 is 29.6 Å². The van der Waals surface area contributed by atoms with Crippen molar-refractivity contribution in [2.45, 2.75) is 150 Å². The molecule has 24 nitrogen and oxygen atoms in total. The molecule has 11 aliphatic heterocycles. The number of halogens is 3. The van der Waals surface area contributed by atoms with Crippen molar-refractivity contribution < 1.29 is 62.0 Å². The minimum absolute atomic E-state index is 0.00116. The number of ether oxygens (including phenoxy) is 6. The van der Waals surface area contributed by atoms with Crippen molar-refractivity contribution in [3.63, 3.8) is 0 Å². The van der Waals surface area contributed by atoms with Gasteiger partial charge in [-0.3, -0.25) is 63.2 Å². The van der Waals surface area contributed by atoms with Gasteiger partial charge in [0, 0.05) is 137 Å². The fourth-order valence-corrected chi connectivity index (χ4v) is 18.4. The first-order chi connectivity index (χ1) is 50.4. The molecule has 6 aromatic rings. The number of hydrogen-bond donors (Lipinski definition) is 1. The predicted octanol–water partition coefficient (Wildman–Crippen LogP) is 10.4. The van der Waals surface area contributed by atoms with Crippen LogP contribution in [0.3, 0.4) is 0 Å². The molecule has 0 spiro atoms. The predicted molar refractivity (Wildman–Crippen MR) is 397 cm³/mol. The highest BCUT2D eigenvalue weighted by Gasteiger charge is 2.58. The number of fused-ring (bicyclic) bond motifs is 7. The van der Waals surface area contributed by atoms with Gasteiger partial charge in [-0.2, -0.15) is 0 Å². The monoisotopic (exact) mass is 1620 g/mol. The molecule has 15 atom stereocenters. The normalized spacial score (nSPS) is 30.9. The number of amides is 6. The van der Waals surface area contributed by atoms with E-state index >= 15 is 0 Å². The third-order valence-corrected chi connectivity index (χ3v) is 23.7. The number of likely N-dealkylation sites (tertiary alicyclic amines) is 1. The number of benzene rings is 6. The average Bonchev–Trinajstić information content (AvgIpc) is 1.73. The summed E-state index contributed by atoms with van der Waals surface area (Å²) in [5, 5.41) is 7.43. The standard InChI is InChI=1S/C26H26BrN5O5.C26H28BrN3O4.C26H26BrN3O4/c1-26(2)36-21(22(14-33)37-26)13-31-19(11-29-30-28)23(15-7-9-16(27)10-8-15)20(31)12-32-24(34)17-5-3-4-6-18(17)25(32)35;2*1-26(2)33-21-12-28-11-19-23(15-7-9-16(27)10-8-15)20(29(19)14-22(21)34-26)13-30-24(31)17-5-3-4-6-18(17)25(30)32/h3-10,14,19-23H,11-13H2,1-2H3;3-10,19-23,28H,11-14H2,1-2H3;3-10,12,19-23H,11,13-14H2,1-2H3/t19-,20+,21-,22+,23+;2*19-,20+,21+,22-,23+/m000/s1. The Kier molecular flexibility index (Phi) is 20.3. The minimum Gasteiger partial charge on any atom is -0.343 e. The van der Waals surface area contributed by atoms with Crippen LogP contribution in [-0.2, 0) is 33.2 Å². The van der Waals surface area contributed by atoms with Gasteiger partial charge in [-0.05, 0) is 137 Å². The Morgan fingerprint density at radius 1 is 0.486 bits per heavy atom. The number of carbonyl (C=O) groups excluding carboxylic acids is 7. The van der Waals surface area contributed by atoms with E-state index in [-0.39, 0.29) is 127 Å². The molecule has 17 rings (SSSR count). The third kappa shape index (κ3) is 14.0. The van der Waals surface area contributed by atoms with Crippen molar-refractivity contribution in [1.29, 1.82) is 0 Å². The zero-order valence-electron chi connectivity index (χ0n) is 58.7. The van der Waals surface area contributed by atoms with E-state index in [1.54, 1.807) is 86.6 Å². The summed E-state index contributed by atoms with van der Waals surface area (Å²) in [4.78, 5) is 109. The smallest absolute Gasteiger partial charge is 0.261 e. The molecule has 0 radical (unpaired) electrons. The van der Waals surface area contributed by atoms with Crippen LogP contribution in [0.4, 0.5) is 0 Å². The molecule has 27 heteroatoms. The molecule has 1 N–H and O–H groups in total. The molecule has 105 heavy (non-hydrogen) atoms. The van der Waals surface area contributed by atoms with Crippen molar-refractivity contribution in [3.8, 4) is 0 Å². The van der Waals surface area contributed by atoms with E-state index in [2.05, 4.69) is 114 Å². The maximum atomic E-state index is 13.2. The van der Waals surface area contributed by atoms with Crippen LogP contribution in [0.25, 0.3) is 10.4 Å². The van der Waals surface area contributed by atoms with Crippen molar-refractivity contribution in [2.24, 2.45) is 10.1 Å². The number of hydrogen-bond acceptors (Lipinski definition) is 19. The fourth-order valence-electron chi connectivity index (χ4n) is 17.6. The highest BCUT2D eigenvalue weighted by atomic mass is 79.9. The van der Waals surface area contributed by atoms with E-state index in [9.17, 15) is 33.6 Å². The van der Waals surface area contributed by atoms with Crippen LogP contribution in [0.1, 0.15) is 138 Å². The molecule has 6 amide bonds. The van der Waals surface area contributed by atoms with Crippen LogP contribution in [-0.4, -0.2) is 233 Å². The number of aliphatic imine (C=N–C) groups is 1. The second-order valence-corrected chi connectivity index (χ2v) is 32.5. The van der Waals surface area contributed by atoms with Crippen molar-refractivity contribution in [1.82, 2.24) is 34.7 Å². The molecular weight excluding hydrogens is 1540 g/mol. The summed E-state index contributed by atoms with van der Waals surface area (Å²) < 4.78 is 39.4. The number of aldehydes is 1. The van der Waals surface area contributed by atoms with Crippen LogP contribution >= 0.6 is 47.8 Å². The van der Waals surface area contributed by atoms with Gasteiger partial charge >= 0.3 is 0 Å². The maximum Gasteiger partial charge on any atom is 0.261 e. The Morgan fingerprint density at radius 3 is 1.35 bits per heavy atom. The zero-order valence-corrected chi connectivity index (χ0v) is 63.4. The van der Waals surface area contributed by atoms with Crippen LogP contribution in [0.5, 0.6) is 0 Å². The number of nitrogens with zero attached hydrogens (tertiary/aromatic N) is 10. The van der Waals surface area contributed by atoms with Gasteiger partial charge in [0.25, 0.3) is 35.4 Å². The lowest BCUT2D eigenvalue weighted by Gasteiger charge is -2.58. The quantitative estimate of drug-likeness (QED) is 0.0349. The fraction of sp³-hybridized carbons (Fsp3) is 0.436. The Labute approximate surface area is 633 Å². The Balaban J connectivity index is 0.000000127. The van der Waals surface area contributed by atoms with Crippen LogP contribution in [0, 0.1) is 0 Å². The lowest BCUT2D eigenvalue weighted by molar-refractivity contribution is -0.154. The first-order valence-corrected chi connectivity index (χ1v) is 37.9. The molecule has 546 valence electrons. The molecule has 0 aliphatic carbocycles. The first-order valence-electron chi connectivity index (χ1n) is 35.5. The maximum absolute atomic E-state index is 13.2. The summed E-state index contributed by atoms with van der Waals surface area (Å²) in [7, 11) is 0. The highest BCUT2D eigenvalue weighted by molar-refractivity contribution is 9.11. The Bertz CT molecular complexity index is 4380. The molecule has 0 bridgehead atoms. The van der Waals surface area contributed by atoms with E-state index in [4.69, 9.17) is 38.9 Å². The summed E-state index contributed by atoms with van der Waals surface area (Å²) >= 11 is 10.5. The summed E-state index contributed by atoms with van der Waals surface area (Å²) in [6.07, 6.45) is 0.835. The number of nitrogens with one attached hydrogen (secondary N) is 1. The zero-order chi connectivity index (χ0) is 73.5. The minimum atomic E-state index is -0.926. The molecular formula is C78H80Br3N11O13. The summed E-state index contributed by atoms with van der Waals surface area (Å²) in [6.45, 7) is 16.1. The summed E-state index contributed by atoms with van der Waals surface area (Å²) in [5.74, 6) is -3.53. The second-order valence-electron chi connectivity index (χ2n) is 29.7. The molecule has 0 saturated carbocycles. The number of azide groups is 1. The van der Waals surface area contributed by atoms with Gasteiger partial charge in [0.2, 0.25) is 0 Å². The molecule has 0 unspecified atom stereocenters. The largest absolute Gasteiger partial charge is 0.343 e. The number of carbonyl (C=O) groups is 7. The van der Waals surface area contributed by atoms with Gasteiger partial charge in [0.05, 0.1) is 39.9 Å². The SMILES string of the molecule is CC1(C)O[C@@H](CN2[C@H](CN3C(=O)c4ccccc4C3=O)[C@H](c3ccc(Br)cc3)[C@@H]2CN=[N+]=[N-])[C@@H](C=O)O1.CC1(C)O[C@H]2CN3[C@H](CN4C(=O)c5ccccc5C4=O)[C@H](c4ccc(Br)cc4)[C@@H]3CN=C[C@H]2O1.CC1(C)O[C@H]2CN3[C@H](CN4C(=O)c5ccccc5C4=O)[C@H](c4ccc(Br)cc4)[C@@H]3CNC[C@H]2O1. The molecule has 6 aromatic carbocycles. The molecule has 11 aliphatic rings. The molecule has 7 saturated heterocycles. The highest BCUT2D eigenvalue weighted by Crippen LogP contribution is 2.48. The molecule has 7 fully saturated rings. The number of imide groups is 3. The van der Waals surface area contributed by atoms with E-state index in [0.717, 1.165) is 38.4 Å². The van der Waals surface area contributed by atoms with Crippen molar-refractivity contribution in [3.05, 3.63) is 220 Å². The third-order valence-electron chi connectivity index (χ3n) is 22.2. The number of rotatable bonds is 14. The van der Waals surface area contributed by atoms with Crippen LogP contribution in [0.15, 0.2) is 169 Å². The van der Waals surface area contributed by atoms with Gasteiger partial charge in [0.15, 0.2) is 23.6 Å². The van der Waals surface area contributed by atoms with E-state index in [1.807, 2.05) is 70.3 Å². The molecule has 11 heterocycles. The van der Waals surface area contributed by atoms with E-state index in [1.165, 1.54) is 25.8 Å². The van der Waals surface area contributed by atoms with Gasteiger partial charge in [-0.25, -0.2) is 0 Å². The van der Waals surface area contributed by atoms with Gasteiger partial charge in [0.1, 0.15) is 36.6 Å². The lowest BCUT2D eigenvalue weighted by Crippen LogP contribution is -2.71. The Hall–Kier alpha value is -7.57. The summed E-state index contributed by atoms with van der Waals surface area (Å²) in [5.41, 5.74) is 15.2. The summed E-state index contributed by atoms with van der Waals surface area (Å²) in [6, 6.07) is 45.3. The van der Waals surface area contributed by atoms with Gasteiger partial charge in [-0.1, -0.05) is 126 Å². The van der Waals surface area contributed by atoms with Gasteiger partial charge < -0.3 is 38.5 Å². The van der Waals surface area contributed by atoms with Crippen LogP contribution < -0.4 is 5.32 Å². The van der Waals surface area contributed by atoms with Crippen molar-refractivity contribution in [2.75, 3.05) is 65.4 Å². The van der Waals surface area contributed by atoms with Crippen LogP contribution in [0.2, 0.25) is 0 Å². The van der Waals surface area contributed by atoms with Crippen molar-refractivity contribution >= 4 is 95.7 Å². The van der Waals surface area contributed by atoms with Gasteiger partial charge in [-0.15, -0.1) is 0 Å².